The maximum Gasteiger partial charge on any atom is 0.306 e. The van der Waals surface area contributed by atoms with Crippen molar-refractivity contribution in [2.75, 3.05) is 13.2 Å². The molecule has 0 aliphatic carbocycles. The maximum absolute atomic E-state index is 12.9. The number of hydrogen-bond donors (Lipinski definition) is 0. The second-order valence-corrected chi connectivity index (χ2v) is 23.2. The van der Waals surface area contributed by atoms with E-state index < -0.39 is 6.10 Å². The van der Waals surface area contributed by atoms with Crippen molar-refractivity contribution in [1.29, 1.82) is 0 Å². The van der Waals surface area contributed by atoms with Gasteiger partial charge in [0.25, 0.3) is 0 Å². The number of ether oxygens (including phenoxy) is 3. The van der Waals surface area contributed by atoms with Crippen molar-refractivity contribution in [1.82, 2.24) is 0 Å². The van der Waals surface area contributed by atoms with Crippen LogP contribution in [-0.2, 0) is 28.6 Å². The first-order chi connectivity index (χ1) is 35.4. The molecule has 72 heavy (non-hydrogen) atoms. The fraction of sp³-hybridized carbons (Fsp3) is 0.955. The minimum absolute atomic E-state index is 0.0609. The summed E-state index contributed by atoms with van der Waals surface area (Å²) in [5.74, 6) is 0.0338. The summed E-state index contributed by atoms with van der Waals surface area (Å²) in [6, 6.07) is 0. The van der Waals surface area contributed by atoms with Gasteiger partial charge in [-0.05, 0) is 25.2 Å². The molecule has 0 heterocycles. The normalized spacial score (nSPS) is 12.0. The molecule has 428 valence electrons. The van der Waals surface area contributed by atoms with Gasteiger partial charge in [-0.2, -0.15) is 0 Å². The Morgan fingerprint density at radius 1 is 0.264 bits per heavy atom. The Morgan fingerprint density at radius 3 is 0.681 bits per heavy atom. The molecule has 0 bridgehead atoms. The van der Waals surface area contributed by atoms with Crippen molar-refractivity contribution >= 4 is 17.9 Å². The van der Waals surface area contributed by atoms with Gasteiger partial charge in [0.2, 0.25) is 0 Å². The molecule has 1 atom stereocenters. The largest absolute Gasteiger partial charge is 0.462 e. The first kappa shape index (κ1) is 70.4. The van der Waals surface area contributed by atoms with Crippen LogP contribution in [-0.4, -0.2) is 37.2 Å². The average molecular weight is 1020 g/mol. The van der Waals surface area contributed by atoms with Gasteiger partial charge in [-0.1, -0.05) is 342 Å². The summed E-state index contributed by atoms with van der Waals surface area (Å²) in [5.41, 5.74) is 0. The van der Waals surface area contributed by atoms with E-state index in [9.17, 15) is 14.4 Å². The minimum Gasteiger partial charge on any atom is -0.462 e. The van der Waals surface area contributed by atoms with Gasteiger partial charge < -0.3 is 14.2 Å². The van der Waals surface area contributed by atoms with Crippen LogP contribution < -0.4 is 0 Å². The molecule has 0 saturated heterocycles. The molecule has 0 fully saturated rings. The molecule has 0 amide bonds. The summed E-state index contributed by atoms with van der Waals surface area (Å²) < 4.78 is 17.0. The highest BCUT2D eigenvalue weighted by Gasteiger charge is 2.19. The quantitative estimate of drug-likeness (QED) is 0.0343. The van der Waals surface area contributed by atoms with Gasteiger partial charge in [0.15, 0.2) is 6.10 Å². The van der Waals surface area contributed by atoms with Gasteiger partial charge in [0.05, 0.1) is 0 Å². The molecule has 0 rings (SSSR count). The number of hydrogen-bond acceptors (Lipinski definition) is 6. The zero-order valence-electron chi connectivity index (χ0n) is 49.4. The minimum atomic E-state index is -0.763. The van der Waals surface area contributed by atoms with E-state index in [4.69, 9.17) is 14.2 Å². The zero-order chi connectivity index (χ0) is 52.3. The predicted molar refractivity (Wildman–Crippen MR) is 312 cm³/mol. The summed E-state index contributed by atoms with van der Waals surface area (Å²) in [4.78, 5) is 38.3. The highest BCUT2D eigenvalue weighted by atomic mass is 16.6. The van der Waals surface area contributed by atoms with Crippen LogP contribution in [0.1, 0.15) is 381 Å². The molecule has 6 heteroatoms. The van der Waals surface area contributed by atoms with E-state index in [1.807, 2.05) is 0 Å². The zero-order valence-corrected chi connectivity index (χ0v) is 49.4. The van der Waals surface area contributed by atoms with E-state index in [-0.39, 0.29) is 31.1 Å². The third-order valence-corrected chi connectivity index (χ3v) is 15.3. The van der Waals surface area contributed by atoms with Crippen LogP contribution in [0.15, 0.2) is 0 Å². The fourth-order valence-corrected chi connectivity index (χ4v) is 10.3. The van der Waals surface area contributed by atoms with Crippen LogP contribution >= 0.6 is 0 Å². The maximum atomic E-state index is 12.9. The number of rotatable bonds is 61. The first-order valence-corrected chi connectivity index (χ1v) is 32.9. The van der Waals surface area contributed by atoms with Gasteiger partial charge in [-0.3, -0.25) is 14.4 Å². The van der Waals surface area contributed by atoms with Crippen LogP contribution in [0.4, 0.5) is 0 Å². The molecule has 0 aromatic carbocycles. The summed E-state index contributed by atoms with van der Waals surface area (Å²) in [5, 5.41) is 0. The lowest BCUT2D eigenvalue weighted by molar-refractivity contribution is -0.167. The lowest BCUT2D eigenvalue weighted by Crippen LogP contribution is -2.30. The number of carbonyl (C=O) groups excluding carboxylic acids is 3. The highest BCUT2D eigenvalue weighted by molar-refractivity contribution is 5.71. The molecule has 0 aromatic rings. The van der Waals surface area contributed by atoms with Crippen molar-refractivity contribution in [3.05, 3.63) is 0 Å². The fourth-order valence-electron chi connectivity index (χ4n) is 10.3. The van der Waals surface area contributed by atoms with Crippen molar-refractivity contribution in [2.45, 2.75) is 387 Å². The number of carbonyl (C=O) groups is 3. The van der Waals surface area contributed by atoms with E-state index in [0.29, 0.717) is 19.3 Å². The predicted octanol–water partition coefficient (Wildman–Crippen LogP) is 22.1. The van der Waals surface area contributed by atoms with Crippen LogP contribution in [0.2, 0.25) is 0 Å². The average Bonchev–Trinajstić information content (AvgIpc) is 3.37. The van der Waals surface area contributed by atoms with E-state index in [2.05, 4.69) is 27.7 Å². The Balaban J connectivity index is 4.25. The summed E-state index contributed by atoms with van der Waals surface area (Å²) in [6.07, 6.45) is 68.2. The molecule has 6 nitrogen and oxygen atoms in total. The Hall–Kier alpha value is -1.59. The molecule has 0 N–H and O–H groups in total. The number of esters is 3. The monoisotopic (exact) mass is 1020 g/mol. The molecule has 0 spiro atoms. The molecule has 0 aliphatic rings. The summed E-state index contributed by atoms with van der Waals surface area (Å²) in [6.45, 7) is 9.11. The van der Waals surface area contributed by atoms with Gasteiger partial charge in [-0.15, -0.1) is 0 Å². The van der Waals surface area contributed by atoms with E-state index in [1.165, 1.54) is 276 Å². The molecule has 0 radical (unpaired) electrons. The third-order valence-electron chi connectivity index (χ3n) is 15.3. The smallest absolute Gasteiger partial charge is 0.306 e. The Kier molecular flexibility index (Phi) is 58.9. The topological polar surface area (TPSA) is 78.9 Å². The SMILES string of the molecule is CCCCCCCCCCCCCCCCCCCCCC(=O)O[C@H](COC(=O)CCCCCCCCCCCCCCCC)COC(=O)CCCCCCCCCCCCCCCCCCCCC(C)C. The van der Waals surface area contributed by atoms with Crippen molar-refractivity contribution in [3.8, 4) is 0 Å². The molecular formula is C66H128O6. The lowest BCUT2D eigenvalue weighted by Gasteiger charge is -2.18. The van der Waals surface area contributed by atoms with Gasteiger partial charge in [0, 0.05) is 19.3 Å². The second-order valence-electron chi connectivity index (χ2n) is 23.2. The Bertz CT molecular complexity index is 1090. The Morgan fingerprint density at radius 2 is 0.458 bits per heavy atom. The van der Waals surface area contributed by atoms with Crippen molar-refractivity contribution < 1.29 is 28.6 Å². The molecular weight excluding hydrogens is 889 g/mol. The van der Waals surface area contributed by atoms with Gasteiger partial charge in [-0.25, -0.2) is 0 Å². The molecule has 0 aliphatic heterocycles. The van der Waals surface area contributed by atoms with E-state index in [1.54, 1.807) is 0 Å². The lowest BCUT2D eigenvalue weighted by atomic mass is 10.0. The molecule has 0 saturated carbocycles. The highest BCUT2D eigenvalue weighted by Crippen LogP contribution is 2.19. The van der Waals surface area contributed by atoms with Crippen LogP contribution in [0.25, 0.3) is 0 Å². The third kappa shape index (κ3) is 59.3. The van der Waals surface area contributed by atoms with Crippen LogP contribution in [0.3, 0.4) is 0 Å². The standard InChI is InChI=1S/C66H128O6/c1-5-7-9-11-13-15-17-19-21-22-23-28-31-35-39-43-47-51-55-59-66(69)72-63(60-70-64(67)57-53-49-45-41-37-33-20-18-16-14-12-10-8-6-2)61-71-65(68)58-54-50-46-42-38-34-30-27-25-24-26-29-32-36-40-44-48-52-56-62(3)4/h62-63H,5-61H2,1-4H3/t63-/m1/s1. The van der Waals surface area contributed by atoms with Crippen molar-refractivity contribution in [2.24, 2.45) is 5.92 Å². The first-order valence-electron chi connectivity index (χ1n) is 32.9. The Labute approximate surface area is 450 Å². The van der Waals surface area contributed by atoms with Gasteiger partial charge in [0.1, 0.15) is 13.2 Å². The summed E-state index contributed by atoms with van der Waals surface area (Å²) in [7, 11) is 0. The molecule has 0 unspecified atom stereocenters. The summed E-state index contributed by atoms with van der Waals surface area (Å²) >= 11 is 0. The second kappa shape index (κ2) is 60.3. The molecule has 0 aromatic heterocycles. The van der Waals surface area contributed by atoms with Crippen LogP contribution in [0, 0.1) is 5.92 Å². The van der Waals surface area contributed by atoms with Crippen LogP contribution in [0.5, 0.6) is 0 Å². The van der Waals surface area contributed by atoms with E-state index >= 15 is 0 Å². The number of unbranched alkanes of at least 4 members (excludes halogenated alkanes) is 48. The van der Waals surface area contributed by atoms with Crippen molar-refractivity contribution in [3.63, 3.8) is 0 Å². The van der Waals surface area contributed by atoms with Gasteiger partial charge >= 0.3 is 17.9 Å². The van der Waals surface area contributed by atoms with E-state index in [0.717, 1.165) is 63.7 Å².